The number of carbonyl (C=O) groups is 3. The summed E-state index contributed by atoms with van der Waals surface area (Å²) in [6.07, 6.45) is 2.34. The molecule has 0 radical (unpaired) electrons. The number of fused-ring (bicyclic) bond motifs is 1. The van der Waals surface area contributed by atoms with E-state index in [1.165, 1.54) is 0 Å². The molecule has 1 spiro atoms. The van der Waals surface area contributed by atoms with E-state index in [2.05, 4.69) is 35.9 Å². The maximum atomic E-state index is 13.5. The van der Waals surface area contributed by atoms with E-state index in [0.29, 0.717) is 87.0 Å². The molecule has 0 saturated carbocycles. The number of carboxylic acids is 1. The molecule has 2 aromatic rings. The Labute approximate surface area is 257 Å². The van der Waals surface area contributed by atoms with Crippen LogP contribution >= 0.6 is 11.6 Å². The summed E-state index contributed by atoms with van der Waals surface area (Å²) in [6.45, 7) is 7.70. The van der Waals surface area contributed by atoms with Gasteiger partial charge in [-0.2, -0.15) is 0 Å². The zero-order chi connectivity index (χ0) is 30.6. The number of nitrogens with one attached hydrogen (secondary N) is 1. The molecule has 3 heterocycles. The van der Waals surface area contributed by atoms with Gasteiger partial charge < -0.3 is 29.7 Å². The van der Waals surface area contributed by atoms with Gasteiger partial charge in [0.1, 0.15) is 0 Å². The van der Waals surface area contributed by atoms with Crippen molar-refractivity contribution in [3.63, 3.8) is 0 Å². The second-order valence-electron chi connectivity index (χ2n) is 11.8. The van der Waals surface area contributed by atoms with Gasteiger partial charge in [-0.15, -0.1) is 0 Å². The molecule has 5 rings (SSSR count). The molecule has 0 unspecified atom stereocenters. The standard InChI is InChI=1S/C33H38ClN3O6/c1-22(2)30(24-5-7-26(34)8-6-24)31(39)37-18-13-33(14-19-37)42-27-9-3-23(21-28(27)43-33)4-10-29(38)35-15-20-36-16-11-25(12-17-36)32(40)41/h3,5-9,21-22,25,30H,11-20H2,1-2H3,(H,35,38)(H,40,41)/t30-/m0/s1. The first-order valence-corrected chi connectivity index (χ1v) is 15.3. The normalized spacial score (nSPS) is 18.7. The first kappa shape index (κ1) is 30.7. The van der Waals surface area contributed by atoms with E-state index in [-0.39, 0.29) is 29.6 Å². The number of ether oxygens (including phenoxy) is 2. The number of piperidine rings is 2. The highest BCUT2D eigenvalue weighted by atomic mass is 35.5. The topological polar surface area (TPSA) is 108 Å². The number of likely N-dealkylation sites (tertiary alicyclic amines) is 2. The average Bonchev–Trinajstić information content (AvgIpc) is 3.34. The largest absolute Gasteiger partial charge is 0.481 e. The van der Waals surface area contributed by atoms with E-state index in [9.17, 15) is 14.4 Å². The van der Waals surface area contributed by atoms with Gasteiger partial charge in [-0.3, -0.25) is 14.4 Å². The minimum Gasteiger partial charge on any atom is -0.481 e. The van der Waals surface area contributed by atoms with Crippen molar-refractivity contribution in [1.82, 2.24) is 15.1 Å². The molecule has 0 aromatic heterocycles. The highest BCUT2D eigenvalue weighted by Gasteiger charge is 2.46. The van der Waals surface area contributed by atoms with E-state index in [4.69, 9.17) is 26.2 Å². The van der Waals surface area contributed by atoms with E-state index >= 15 is 0 Å². The predicted octanol–water partition coefficient (Wildman–Crippen LogP) is 4.13. The third-order valence-corrected chi connectivity index (χ3v) is 8.76. The van der Waals surface area contributed by atoms with Gasteiger partial charge in [-0.25, -0.2) is 0 Å². The molecule has 2 aromatic carbocycles. The molecule has 2 amide bonds. The van der Waals surface area contributed by atoms with Crippen LogP contribution in [0.25, 0.3) is 0 Å². The van der Waals surface area contributed by atoms with Crippen molar-refractivity contribution >= 4 is 29.4 Å². The minimum atomic E-state index is -0.824. The van der Waals surface area contributed by atoms with Crippen LogP contribution in [-0.4, -0.2) is 77.7 Å². The lowest BCUT2D eigenvalue weighted by Gasteiger charge is -2.39. The van der Waals surface area contributed by atoms with Crippen LogP contribution in [0.5, 0.6) is 11.5 Å². The highest BCUT2D eigenvalue weighted by Crippen LogP contribution is 2.44. The molecule has 3 aliphatic rings. The van der Waals surface area contributed by atoms with Crippen LogP contribution < -0.4 is 14.8 Å². The molecule has 228 valence electrons. The van der Waals surface area contributed by atoms with Crippen LogP contribution in [0.15, 0.2) is 42.5 Å². The van der Waals surface area contributed by atoms with Gasteiger partial charge in [-0.05, 0) is 67.7 Å². The van der Waals surface area contributed by atoms with Crippen LogP contribution in [0.4, 0.5) is 0 Å². The third kappa shape index (κ3) is 7.43. The van der Waals surface area contributed by atoms with Crippen molar-refractivity contribution < 1.29 is 29.0 Å². The first-order valence-electron chi connectivity index (χ1n) is 14.9. The van der Waals surface area contributed by atoms with E-state index in [1.807, 2.05) is 29.2 Å². The summed E-state index contributed by atoms with van der Waals surface area (Å²) >= 11 is 6.06. The minimum absolute atomic E-state index is 0.0984. The molecule has 43 heavy (non-hydrogen) atoms. The van der Waals surface area contributed by atoms with Crippen molar-refractivity contribution in [2.75, 3.05) is 39.3 Å². The molecular formula is C33H38ClN3O6. The quantitative estimate of drug-likeness (QED) is 0.456. The number of aliphatic carboxylic acids is 1. The Morgan fingerprint density at radius 3 is 2.35 bits per heavy atom. The number of rotatable bonds is 7. The van der Waals surface area contributed by atoms with Gasteiger partial charge in [-0.1, -0.05) is 43.5 Å². The lowest BCUT2D eigenvalue weighted by molar-refractivity contribution is -0.148. The summed E-state index contributed by atoms with van der Waals surface area (Å²) in [6, 6.07) is 12.9. The Balaban J connectivity index is 1.11. The number of carbonyl (C=O) groups excluding carboxylic acids is 2. The molecule has 3 aliphatic heterocycles. The van der Waals surface area contributed by atoms with Crippen LogP contribution in [-0.2, 0) is 14.4 Å². The Morgan fingerprint density at radius 2 is 1.70 bits per heavy atom. The maximum Gasteiger partial charge on any atom is 0.306 e. The first-order chi connectivity index (χ1) is 20.6. The van der Waals surface area contributed by atoms with Crippen LogP contribution in [0, 0.1) is 23.7 Å². The Bertz CT molecular complexity index is 1400. The average molecular weight is 608 g/mol. The van der Waals surface area contributed by atoms with Crippen LogP contribution in [0.1, 0.15) is 56.6 Å². The molecule has 1 atom stereocenters. The number of hydrogen-bond acceptors (Lipinski definition) is 6. The number of halogens is 1. The fourth-order valence-corrected chi connectivity index (χ4v) is 6.15. The summed E-state index contributed by atoms with van der Waals surface area (Å²) in [5.74, 6) is 4.53. The van der Waals surface area contributed by atoms with E-state index in [1.54, 1.807) is 18.2 Å². The fourth-order valence-electron chi connectivity index (χ4n) is 6.03. The van der Waals surface area contributed by atoms with Gasteiger partial charge in [0.25, 0.3) is 11.7 Å². The SMILES string of the molecule is CC(C)[C@H](C(=O)N1CCC2(CC1)Oc1ccc(C#CC(=O)NCCN3CCC(C(=O)O)CC3)cc1O2)c1ccc(Cl)cc1. The summed E-state index contributed by atoms with van der Waals surface area (Å²) < 4.78 is 12.5. The maximum absolute atomic E-state index is 13.5. The van der Waals surface area contributed by atoms with Crippen LogP contribution in [0.2, 0.25) is 5.02 Å². The molecule has 0 aliphatic carbocycles. The van der Waals surface area contributed by atoms with Gasteiger partial charge in [0, 0.05) is 55.5 Å². The molecule has 9 nitrogen and oxygen atoms in total. The number of carboxylic acid groups (broad SMARTS) is 1. The van der Waals surface area contributed by atoms with E-state index in [0.717, 1.165) is 5.56 Å². The molecule has 10 heteroatoms. The summed E-state index contributed by atoms with van der Waals surface area (Å²) in [7, 11) is 0. The van der Waals surface area contributed by atoms with Crippen molar-refractivity contribution in [1.29, 1.82) is 0 Å². The van der Waals surface area contributed by atoms with Crippen molar-refractivity contribution in [3.8, 4) is 23.3 Å². The van der Waals surface area contributed by atoms with E-state index < -0.39 is 11.8 Å². The zero-order valence-electron chi connectivity index (χ0n) is 24.6. The molecule has 2 saturated heterocycles. The summed E-state index contributed by atoms with van der Waals surface area (Å²) in [5, 5.41) is 12.6. The number of amides is 2. The summed E-state index contributed by atoms with van der Waals surface area (Å²) in [4.78, 5) is 41.0. The Kier molecular flexibility index (Phi) is 9.48. The second kappa shape index (κ2) is 13.3. The third-order valence-electron chi connectivity index (χ3n) is 8.51. The van der Waals surface area contributed by atoms with Crippen molar-refractivity contribution in [3.05, 3.63) is 58.6 Å². The van der Waals surface area contributed by atoms with Crippen LogP contribution in [0.3, 0.4) is 0 Å². The molecule has 2 fully saturated rings. The number of hydrogen-bond donors (Lipinski definition) is 2. The molecule has 2 N–H and O–H groups in total. The van der Waals surface area contributed by atoms with Gasteiger partial charge in [0.2, 0.25) is 5.91 Å². The van der Waals surface area contributed by atoms with Crippen molar-refractivity contribution in [2.24, 2.45) is 11.8 Å². The Morgan fingerprint density at radius 1 is 1.02 bits per heavy atom. The Hall–Kier alpha value is -3.74. The molecule has 0 bridgehead atoms. The zero-order valence-corrected chi connectivity index (χ0v) is 25.4. The summed E-state index contributed by atoms with van der Waals surface area (Å²) in [5.41, 5.74) is 1.60. The van der Waals surface area contributed by atoms with Crippen molar-refractivity contribution in [2.45, 2.75) is 51.2 Å². The second-order valence-corrected chi connectivity index (χ2v) is 12.3. The van der Waals surface area contributed by atoms with Gasteiger partial charge in [0.15, 0.2) is 11.5 Å². The number of benzene rings is 2. The fraction of sp³-hybridized carbons (Fsp3) is 0.485. The number of nitrogens with zero attached hydrogens (tertiary/aromatic N) is 2. The smallest absolute Gasteiger partial charge is 0.306 e. The van der Waals surface area contributed by atoms with Gasteiger partial charge in [0.05, 0.1) is 11.8 Å². The molecular weight excluding hydrogens is 570 g/mol. The lowest BCUT2D eigenvalue weighted by atomic mass is 9.86. The lowest BCUT2D eigenvalue weighted by Crippen LogP contribution is -2.52. The monoisotopic (exact) mass is 607 g/mol. The predicted molar refractivity (Wildman–Crippen MR) is 162 cm³/mol. The van der Waals surface area contributed by atoms with Gasteiger partial charge >= 0.3 is 5.97 Å². The highest BCUT2D eigenvalue weighted by molar-refractivity contribution is 6.30.